The van der Waals surface area contributed by atoms with Gasteiger partial charge in [-0.25, -0.2) is 13.6 Å². The minimum Gasteiger partial charge on any atom is -0.461 e. The van der Waals surface area contributed by atoms with Gasteiger partial charge in [0.05, 0.1) is 12.7 Å². The van der Waals surface area contributed by atoms with Gasteiger partial charge in [-0.2, -0.15) is 0 Å². The van der Waals surface area contributed by atoms with Crippen LogP contribution in [0.3, 0.4) is 0 Å². The lowest BCUT2D eigenvalue weighted by molar-refractivity contribution is -0.162. The summed E-state index contributed by atoms with van der Waals surface area (Å²) in [6, 6.07) is 9.79. The molecule has 0 fully saturated rings. The molecular weight excluding hydrogens is 366 g/mol. The zero-order valence-electron chi connectivity index (χ0n) is 15.7. The number of carbonyl (C=O) groups excluding carboxylic acids is 1. The van der Waals surface area contributed by atoms with Crippen molar-refractivity contribution in [2.24, 2.45) is 0 Å². The van der Waals surface area contributed by atoms with E-state index in [2.05, 4.69) is 0 Å². The fraction of sp³-hybridized carbons (Fsp3) is 0.286. The largest absolute Gasteiger partial charge is 0.461 e. The van der Waals surface area contributed by atoms with Crippen molar-refractivity contribution in [2.45, 2.75) is 18.7 Å². The molecule has 0 bridgehead atoms. The molecule has 0 spiro atoms. The second-order valence-corrected chi connectivity index (χ2v) is 6.69. The number of esters is 1. The van der Waals surface area contributed by atoms with E-state index in [0.29, 0.717) is 6.54 Å². The molecule has 3 rings (SSSR count). The number of hydrogen-bond donors (Lipinski definition) is 1. The highest BCUT2D eigenvalue weighted by Crippen LogP contribution is 2.31. The van der Waals surface area contributed by atoms with Gasteiger partial charge in [0.25, 0.3) is 0 Å². The molecule has 0 radical (unpaired) electrons. The first-order valence-corrected chi connectivity index (χ1v) is 8.90. The van der Waals surface area contributed by atoms with Crippen LogP contribution in [0.5, 0.6) is 0 Å². The molecule has 0 saturated carbocycles. The highest BCUT2D eigenvalue weighted by atomic mass is 19.1. The SMILES string of the molecule is CC1N(C)C=CN1CCOC(=O)C(O)(c1ccc(F)cc1)c1ccc(F)cc1. The minimum atomic E-state index is -2.18. The Morgan fingerprint density at radius 3 is 1.96 bits per heavy atom. The van der Waals surface area contributed by atoms with Gasteiger partial charge >= 0.3 is 5.97 Å². The maximum Gasteiger partial charge on any atom is 0.347 e. The van der Waals surface area contributed by atoms with Gasteiger partial charge in [-0.1, -0.05) is 24.3 Å². The molecule has 1 atom stereocenters. The summed E-state index contributed by atoms with van der Waals surface area (Å²) in [7, 11) is 1.94. The average Bonchev–Trinajstić information content (AvgIpc) is 3.00. The van der Waals surface area contributed by atoms with Crippen molar-refractivity contribution >= 4 is 5.97 Å². The zero-order chi connectivity index (χ0) is 20.3. The van der Waals surface area contributed by atoms with Crippen LogP contribution in [0.4, 0.5) is 8.78 Å². The van der Waals surface area contributed by atoms with E-state index in [1.54, 1.807) is 0 Å². The van der Waals surface area contributed by atoms with Crippen molar-refractivity contribution in [1.82, 2.24) is 9.80 Å². The summed E-state index contributed by atoms with van der Waals surface area (Å²) in [5.74, 6) is -1.91. The molecule has 0 aromatic heterocycles. The normalized spacial score (nSPS) is 16.5. The van der Waals surface area contributed by atoms with Gasteiger partial charge in [0.1, 0.15) is 18.2 Å². The summed E-state index contributed by atoms with van der Waals surface area (Å²) in [5.41, 5.74) is -1.90. The van der Waals surface area contributed by atoms with Crippen LogP contribution >= 0.6 is 0 Å². The molecule has 5 nitrogen and oxygen atoms in total. The number of benzene rings is 2. The summed E-state index contributed by atoms with van der Waals surface area (Å²) < 4.78 is 32.0. The Bertz CT molecular complexity index is 807. The van der Waals surface area contributed by atoms with Crippen LogP contribution in [0.2, 0.25) is 0 Å². The lowest BCUT2D eigenvalue weighted by Gasteiger charge is -2.29. The fourth-order valence-corrected chi connectivity index (χ4v) is 3.07. The van der Waals surface area contributed by atoms with Crippen LogP contribution in [0.25, 0.3) is 0 Å². The highest BCUT2D eigenvalue weighted by molar-refractivity contribution is 5.85. The smallest absolute Gasteiger partial charge is 0.347 e. The Hall–Kier alpha value is -2.93. The molecule has 0 saturated heterocycles. The van der Waals surface area contributed by atoms with Gasteiger partial charge in [-0.05, 0) is 42.3 Å². The van der Waals surface area contributed by atoms with Gasteiger partial charge in [0.2, 0.25) is 5.60 Å². The summed E-state index contributed by atoms with van der Waals surface area (Å²) in [6.07, 6.45) is 3.94. The molecule has 0 amide bonds. The third-order valence-corrected chi connectivity index (χ3v) is 4.96. The third kappa shape index (κ3) is 3.84. The first-order chi connectivity index (χ1) is 13.3. The van der Waals surface area contributed by atoms with Crippen molar-refractivity contribution < 1.29 is 23.4 Å². The van der Waals surface area contributed by atoms with Gasteiger partial charge in [0, 0.05) is 19.4 Å². The van der Waals surface area contributed by atoms with Gasteiger partial charge in [-0.15, -0.1) is 0 Å². The van der Waals surface area contributed by atoms with Crippen LogP contribution in [-0.2, 0) is 15.1 Å². The van der Waals surface area contributed by atoms with Crippen LogP contribution in [-0.4, -0.2) is 47.2 Å². The molecule has 2 aromatic rings. The lowest BCUT2D eigenvalue weighted by Crippen LogP contribution is -2.41. The van der Waals surface area contributed by atoms with Crippen LogP contribution in [0.1, 0.15) is 18.1 Å². The molecule has 1 heterocycles. The Labute approximate surface area is 162 Å². The number of aliphatic hydroxyl groups is 1. The monoisotopic (exact) mass is 388 g/mol. The molecule has 1 aliphatic rings. The number of rotatable bonds is 6. The maximum absolute atomic E-state index is 13.3. The standard InChI is InChI=1S/C21H22F2N2O3/c1-15-24(2)11-12-25(15)13-14-28-20(26)21(27,16-3-7-18(22)8-4-16)17-5-9-19(23)10-6-17/h3-12,15,27H,13-14H2,1-2H3. The zero-order valence-corrected chi connectivity index (χ0v) is 15.7. The number of nitrogens with zero attached hydrogens (tertiary/aromatic N) is 2. The molecular formula is C21H22F2N2O3. The Morgan fingerprint density at radius 1 is 1.04 bits per heavy atom. The molecule has 1 unspecified atom stereocenters. The van der Waals surface area contributed by atoms with E-state index in [4.69, 9.17) is 4.74 Å². The topological polar surface area (TPSA) is 53.0 Å². The van der Waals surface area contributed by atoms with E-state index >= 15 is 0 Å². The van der Waals surface area contributed by atoms with Crippen LogP contribution in [0, 0.1) is 11.6 Å². The van der Waals surface area contributed by atoms with E-state index in [1.807, 2.05) is 36.2 Å². The summed E-state index contributed by atoms with van der Waals surface area (Å²) in [4.78, 5) is 16.8. The predicted octanol–water partition coefficient (Wildman–Crippen LogP) is 2.81. The lowest BCUT2D eigenvalue weighted by atomic mass is 9.86. The number of hydrogen-bond acceptors (Lipinski definition) is 5. The van der Waals surface area contributed by atoms with Crippen molar-refractivity contribution in [3.63, 3.8) is 0 Å². The Kier molecular flexibility index (Phi) is 5.65. The highest BCUT2D eigenvalue weighted by Gasteiger charge is 2.42. The van der Waals surface area contributed by atoms with E-state index in [1.165, 1.54) is 24.3 Å². The van der Waals surface area contributed by atoms with Gasteiger partial charge < -0.3 is 19.6 Å². The van der Waals surface area contributed by atoms with Crippen molar-refractivity contribution in [2.75, 3.05) is 20.2 Å². The summed E-state index contributed by atoms with van der Waals surface area (Å²) in [6.45, 7) is 2.50. The fourth-order valence-electron chi connectivity index (χ4n) is 3.07. The summed E-state index contributed by atoms with van der Waals surface area (Å²) in [5, 5.41) is 11.2. The van der Waals surface area contributed by atoms with Crippen molar-refractivity contribution in [1.29, 1.82) is 0 Å². The van der Waals surface area contributed by atoms with E-state index in [9.17, 15) is 18.7 Å². The van der Waals surface area contributed by atoms with Crippen LogP contribution < -0.4 is 0 Å². The average molecular weight is 388 g/mol. The summed E-state index contributed by atoms with van der Waals surface area (Å²) >= 11 is 0. The van der Waals surface area contributed by atoms with E-state index < -0.39 is 23.2 Å². The second-order valence-electron chi connectivity index (χ2n) is 6.69. The first kappa shape index (κ1) is 19.8. The second kappa shape index (κ2) is 7.98. The number of ether oxygens (including phenoxy) is 1. The third-order valence-electron chi connectivity index (χ3n) is 4.96. The molecule has 2 aromatic carbocycles. The molecule has 0 aliphatic carbocycles. The Morgan fingerprint density at radius 2 is 1.54 bits per heavy atom. The molecule has 1 N–H and O–H groups in total. The van der Waals surface area contributed by atoms with E-state index in [0.717, 1.165) is 24.3 Å². The van der Waals surface area contributed by atoms with Crippen molar-refractivity contribution in [3.8, 4) is 0 Å². The molecule has 7 heteroatoms. The number of halogens is 2. The number of carbonyl (C=O) groups is 1. The van der Waals surface area contributed by atoms with Gasteiger partial charge in [-0.3, -0.25) is 0 Å². The Balaban J connectivity index is 1.80. The van der Waals surface area contributed by atoms with Crippen LogP contribution in [0.15, 0.2) is 60.9 Å². The van der Waals surface area contributed by atoms with E-state index in [-0.39, 0.29) is 23.9 Å². The molecule has 1 aliphatic heterocycles. The predicted molar refractivity (Wildman–Crippen MR) is 99.8 cm³/mol. The maximum atomic E-state index is 13.3. The van der Waals surface area contributed by atoms with Gasteiger partial charge in [0.15, 0.2) is 0 Å². The molecule has 28 heavy (non-hydrogen) atoms. The van der Waals surface area contributed by atoms with Crippen molar-refractivity contribution in [3.05, 3.63) is 83.7 Å². The first-order valence-electron chi connectivity index (χ1n) is 8.90. The quantitative estimate of drug-likeness (QED) is 0.772. The molecule has 148 valence electrons. The minimum absolute atomic E-state index is 0.0477.